The number of nitrogens with zero attached hydrogens (tertiary/aromatic N) is 5. The van der Waals surface area contributed by atoms with Gasteiger partial charge in [0, 0.05) is 60.9 Å². The molecule has 2 aliphatic rings. The van der Waals surface area contributed by atoms with Crippen LogP contribution in [-0.4, -0.2) is 74.8 Å². The van der Waals surface area contributed by atoms with E-state index in [-0.39, 0.29) is 11.8 Å². The molecule has 0 N–H and O–H groups in total. The number of thioether (sulfide) groups is 1. The van der Waals surface area contributed by atoms with Gasteiger partial charge in [-0.25, -0.2) is 18.8 Å². The number of rotatable bonds is 5. The quantitative estimate of drug-likeness (QED) is 0.676. The summed E-state index contributed by atoms with van der Waals surface area (Å²) in [6.45, 7) is 8.78. The Balaban J connectivity index is 1.39. The average Bonchev–Trinajstić information content (AvgIpc) is 2.95. The van der Waals surface area contributed by atoms with E-state index >= 15 is 0 Å². The number of aryl methyl sites for hydroxylation is 1. The van der Waals surface area contributed by atoms with Gasteiger partial charge in [-0.3, -0.25) is 4.90 Å². The summed E-state index contributed by atoms with van der Waals surface area (Å²) in [7, 11) is 0. The van der Waals surface area contributed by atoms with Crippen molar-refractivity contribution >= 4 is 29.5 Å². The van der Waals surface area contributed by atoms with Crippen molar-refractivity contribution in [3.8, 4) is 5.69 Å². The summed E-state index contributed by atoms with van der Waals surface area (Å²) in [6.07, 6.45) is 1.32. The topological polar surface area (TPSA) is 72.6 Å². The number of ether oxygens (including phenoxy) is 1. The normalized spacial score (nSPS) is 18.9. The van der Waals surface area contributed by atoms with E-state index in [1.807, 2.05) is 25.1 Å². The third-order valence-electron chi connectivity index (χ3n) is 5.61. The van der Waals surface area contributed by atoms with Gasteiger partial charge in [0.05, 0.1) is 12.3 Å². The third kappa shape index (κ3) is 4.94. The molecule has 8 nitrogen and oxygen atoms in total. The summed E-state index contributed by atoms with van der Waals surface area (Å²) < 4.78 is 8.39. The number of carbonyl (C=O) groups excluding carboxylic acids is 1. The lowest BCUT2D eigenvalue weighted by Gasteiger charge is -2.33. The molecule has 168 valence electrons. The molecule has 1 aromatic heterocycles. The van der Waals surface area contributed by atoms with Gasteiger partial charge in [-0.05, 0) is 31.5 Å². The smallest absolute Gasteiger partial charge is 0.409 e. The summed E-state index contributed by atoms with van der Waals surface area (Å²) in [6, 6.07) is 5.65. The van der Waals surface area contributed by atoms with Crippen LogP contribution >= 0.6 is 23.4 Å². The fourth-order valence-electron chi connectivity index (χ4n) is 4.07. The van der Waals surface area contributed by atoms with Crippen LogP contribution < -0.4 is 5.69 Å². The van der Waals surface area contributed by atoms with Crippen molar-refractivity contribution in [1.29, 1.82) is 0 Å². The van der Waals surface area contributed by atoms with Gasteiger partial charge in [-0.15, -0.1) is 11.8 Å². The van der Waals surface area contributed by atoms with Gasteiger partial charge in [-0.1, -0.05) is 18.5 Å². The van der Waals surface area contributed by atoms with Gasteiger partial charge in [0.15, 0.2) is 0 Å². The lowest BCUT2D eigenvalue weighted by Crippen LogP contribution is -2.49. The van der Waals surface area contributed by atoms with Crippen molar-refractivity contribution in [2.24, 2.45) is 0 Å². The number of halogens is 1. The largest absolute Gasteiger partial charge is 0.450 e. The summed E-state index contributed by atoms with van der Waals surface area (Å²) in [5.74, 6) is 0.800. The molecule has 1 atom stereocenters. The Bertz CT molecular complexity index is 999. The lowest BCUT2D eigenvalue weighted by atomic mass is 10.3. The van der Waals surface area contributed by atoms with Gasteiger partial charge in [0.1, 0.15) is 5.82 Å². The Kier molecular flexibility index (Phi) is 6.93. The van der Waals surface area contributed by atoms with E-state index in [1.54, 1.807) is 25.9 Å². The third-order valence-corrected chi connectivity index (χ3v) is 6.99. The Morgan fingerprint density at radius 1 is 1.26 bits per heavy atom. The number of benzene rings is 1. The van der Waals surface area contributed by atoms with Crippen LogP contribution in [0.1, 0.15) is 26.1 Å². The number of carbonyl (C=O) groups is 1. The van der Waals surface area contributed by atoms with E-state index in [0.717, 1.165) is 48.9 Å². The molecule has 0 saturated carbocycles. The average molecular weight is 466 g/mol. The minimum atomic E-state index is -0.234. The first-order chi connectivity index (χ1) is 15.0. The first-order valence-corrected chi connectivity index (χ1v) is 12.0. The van der Waals surface area contributed by atoms with Gasteiger partial charge < -0.3 is 9.64 Å². The van der Waals surface area contributed by atoms with Crippen molar-refractivity contribution in [3.05, 3.63) is 39.5 Å². The fourth-order valence-corrected chi connectivity index (χ4v) is 5.45. The van der Waals surface area contributed by atoms with Crippen LogP contribution in [-0.2, 0) is 17.7 Å². The van der Waals surface area contributed by atoms with Crippen LogP contribution in [0.2, 0.25) is 5.02 Å². The summed E-state index contributed by atoms with van der Waals surface area (Å²) in [5, 5.41) is 5.63. The molecule has 0 bridgehead atoms. The maximum absolute atomic E-state index is 13.1. The van der Waals surface area contributed by atoms with Crippen LogP contribution in [0, 0.1) is 0 Å². The zero-order valence-electron chi connectivity index (χ0n) is 17.9. The highest BCUT2D eigenvalue weighted by atomic mass is 35.5. The number of fused-ring (bicyclic) bond motifs is 3. The summed E-state index contributed by atoms with van der Waals surface area (Å²) in [5.41, 5.74) is 0.764. The number of amides is 1. The molecule has 3 heterocycles. The standard InChI is InChI=1S/C21H28ClN5O3S/c1-3-30-21(29)25-11-9-24(10-12-25)7-4-8-26-20(28)27-17-6-5-16(22)14-18(17)31-15(2)13-19(27)23-26/h5-6,14-15H,3-4,7-13H2,1-2H3. The minimum absolute atomic E-state index is 0.0968. The van der Waals surface area contributed by atoms with Crippen LogP contribution in [0.15, 0.2) is 27.9 Å². The molecule has 4 rings (SSSR count). The second kappa shape index (κ2) is 9.67. The Labute approximate surface area is 191 Å². The van der Waals surface area contributed by atoms with Crippen LogP contribution in [0.3, 0.4) is 0 Å². The zero-order chi connectivity index (χ0) is 22.0. The van der Waals surface area contributed by atoms with E-state index < -0.39 is 0 Å². The van der Waals surface area contributed by atoms with Crippen molar-refractivity contribution in [3.63, 3.8) is 0 Å². The van der Waals surface area contributed by atoms with Gasteiger partial charge >= 0.3 is 11.8 Å². The van der Waals surface area contributed by atoms with E-state index in [9.17, 15) is 9.59 Å². The summed E-state index contributed by atoms with van der Waals surface area (Å²) in [4.78, 5) is 30.0. The molecule has 2 aliphatic heterocycles. The monoisotopic (exact) mass is 465 g/mol. The molecular weight excluding hydrogens is 438 g/mol. The highest BCUT2D eigenvalue weighted by Gasteiger charge is 2.25. The highest BCUT2D eigenvalue weighted by molar-refractivity contribution is 8.00. The molecule has 1 amide bonds. The maximum atomic E-state index is 13.1. The van der Waals surface area contributed by atoms with E-state index in [1.165, 1.54) is 0 Å². The van der Waals surface area contributed by atoms with E-state index in [4.69, 9.17) is 16.3 Å². The molecule has 1 unspecified atom stereocenters. The van der Waals surface area contributed by atoms with Crippen LogP contribution in [0.4, 0.5) is 4.79 Å². The lowest BCUT2D eigenvalue weighted by molar-refractivity contribution is 0.0790. The molecule has 1 fully saturated rings. The minimum Gasteiger partial charge on any atom is -0.450 e. The second-order valence-corrected chi connectivity index (χ2v) is 9.80. The molecule has 1 saturated heterocycles. The number of aromatic nitrogens is 3. The second-order valence-electron chi connectivity index (χ2n) is 7.88. The van der Waals surface area contributed by atoms with Gasteiger partial charge in [0.2, 0.25) is 0 Å². The molecule has 0 aliphatic carbocycles. The van der Waals surface area contributed by atoms with E-state index in [2.05, 4.69) is 16.9 Å². The van der Waals surface area contributed by atoms with Crippen LogP contribution in [0.5, 0.6) is 0 Å². The molecule has 1 aromatic carbocycles. The highest BCUT2D eigenvalue weighted by Crippen LogP contribution is 2.35. The Morgan fingerprint density at radius 3 is 2.77 bits per heavy atom. The molecule has 0 spiro atoms. The SMILES string of the molecule is CCOC(=O)N1CCN(CCCn2nc3n(c2=O)-c2ccc(Cl)cc2SC(C)C3)CC1. The number of hydrogen-bond acceptors (Lipinski definition) is 6. The first-order valence-electron chi connectivity index (χ1n) is 10.8. The first kappa shape index (κ1) is 22.2. The Morgan fingerprint density at radius 2 is 2.03 bits per heavy atom. The molecule has 2 aromatic rings. The molecule has 10 heteroatoms. The number of piperazine rings is 1. The van der Waals surface area contributed by atoms with Crippen molar-refractivity contribution in [1.82, 2.24) is 24.1 Å². The van der Waals surface area contributed by atoms with Gasteiger partial charge in [-0.2, -0.15) is 5.10 Å². The molecular formula is C21H28ClN5O3S. The number of hydrogen-bond donors (Lipinski definition) is 0. The molecule has 0 radical (unpaired) electrons. The van der Waals surface area contributed by atoms with Crippen LogP contribution in [0.25, 0.3) is 5.69 Å². The van der Waals surface area contributed by atoms with Gasteiger partial charge in [0.25, 0.3) is 0 Å². The summed E-state index contributed by atoms with van der Waals surface area (Å²) >= 11 is 7.91. The predicted octanol–water partition coefficient (Wildman–Crippen LogP) is 2.89. The van der Waals surface area contributed by atoms with E-state index in [0.29, 0.717) is 36.5 Å². The van der Waals surface area contributed by atoms with Crippen molar-refractivity contribution in [2.75, 3.05) is 39.3 Å². The predicted molar refractivity (Wildman–Crippen MR) is 122 cm³/mol. The maximum Gasteiger partial charge on any atom is 0.409 e. The van der Waals surface area contributed by atoms with Crippen molar-refractivity contribution in [2.45, 2.75) is 43.4 Å². The Hall–Kier alpha value is -1.97. The zero-order valence-corrected chi connectivity index (χ0v) is 19.5. The fraction of sp³-hybridized carbons (Fsp3) is 0.571. The molecule has 31 heavy (non-hydrogen) atoms. The van der Waals surface area contributed by atoms with Crippen molar-refractivity contribution < 1.29 is 9.53 Å².